The topological polar surface area (TPSA) is 154 Å². The molecule has 0 aliphatic heterocycles. The van der Waals surface area contributed by atoms with Gasteiger partial charge in [-0.15, -0.1) is 0 Å². The molecule has 2 aromatic carbocycles. The number of esters is 1. The molecule has 0 spiro atoms. The number of hydrogen-bond acceptors (Lipinski definition) is 8. The van der Waals surface area contributed by atoms with Crippen molar-refractivity contribution in [3.05, 3.63) is 65.7 Å². The highest BCUT2D eigenvalue weighted by atomic mass is 16.6. The van der Waals surface area contributed by atoms with Crippen LogP contribution in [0.25, 0.3) is 0 Å². The van der Waals surface area contributed by atoms with Crippen molar-refractivity contribution < 1.29 is 38.9 Å². The SMILES string of the molecule is COC(=O)CNC(=O)C(c1ccc(O)cc1)N(CCO)C(=O)C(Cc1ccccc1)NC(=O)OC(C)(C)C. The fraction of sp³-hybridized carbons (Fsp3) is 0.407. The number of alkyl carbamates (subject to hydrolysis) is 1. The molecule has 2 atom stereocenters. The lowest BCUT2D eigenvalue weighted by Crippen LogP contribution is -2.54. The molecule has 11 nitrogen and oxygen atoms in total. The van der Waals surface area contributed by atoms with Crippen molar-refractivity contribution in [1.82, 2.24) is 15.5 Å². The number of phenols is 1. The summed E-state index contributed by atoms with van der Waals surface area (Å²) in [6.07, 6.45) is -0.750. The molecule has 0 fully saturated rings. The van der Waals surface area contributed by atoms with Crippen LogP contribution in [-0.2, 0) is 30.3 Å². The molecule has 0 radical (unpaired) electrons. The van der Waals surface area contributed by atoms with E-state index in [1.54, 1.807) is 45.0 Å². The number of rotatable bonds is 11. The van der Waals surface area contributed by atoms with Crippen molar-refractivity contribution in [2.75, 3.05) is 26.8 Å². The van der Waals surface area contributed by atoms with Crippen molar-refractivity contribution >= 4 is 23.9 Å². The number of nitrogens with one attached hydrogen (secondary N) is 2. The van der Waals surface area contributed by atoms with Gasteiger partial charge >= 0.3 is 12.1 Å². The lowest BCUT2D eigenvalue weighted by molar-refractivity contribution is -0.145. The summed E-state index contributed by atoms with van der Waals surface area (Å²) in [7, 11) is 1.17. The Bertz CT molecular complexity index is 1080. The van der Waals surface area contributed by atoms with Crippen LogP contribution < -0.4 is 10.6 Å². The van der Waals surface area contributed by atoms with Gasteiger partial charge in [0.2, 0.25) is 11.8 Å². The predicted octanol–water partition coefficient (Wildman–Crippen LogP) is 1.68. The van der Waals surface area contributed by atoms with Crippen LogP contribution in [-0.4, -0.2) is 77.4 Å². The van der Waals surface area contributed by atoms with E-state index < -0.39 is 54.7 Å². The average molecular weight is 530 g/mol. The molecule has 0 bridgehead atoms. The zero-order chi connectivity index (χ0) is 28.3. The molecule has 0 saturated carbocycles. The Morgan fingerprint density at radius 1 is 1.00 bits per heavy atom. The first-order valence-electron chi connectivity index (χ1n) is 12.0. The van der Waals surface area contributed by atoms with Gasteiger partial charge in [0, 0.05) is 13.0 Å². The van der Waals surface area contributed by atoms with Gasteiger partial charge in [0.05, 0.1) is 13.7 Å². The first kappa shape index (κ1) is 30.1. The molecule has 0 saturated heterocycles. The molecule has 0 aliphatic carbocycles. The number of aliphatic hydroxyl groups is 1. The van der Waals surface area contributed by atoms with Gasteiger partial charge in [-0.3, -0.25) is 14.4 Å². The monoisotopic (exact) mass is 529 g/mol. The first-order chi connectivity index (χ1) is 17.9. The van der Waals surface area contributed by atoms with Crippen molar-refractivity contribution in [2.24, 2.45) is 0 Å². The lowest BCUT2D eigenvalue weighted by Gasteiger charge is -2.34. The predicted molar refractivity (Wildman–Crippen MR) is 138 cm³/mol. The smallest absolute Gasteiger partial charge is 0.408 e. The highest BCUT2D eigenvalue weighted by Crippen LogP contribution is 2.25. The van der Waals surface area contributed by atoms with Crippen molar-refractivity contribution in [3.63, 3.8) is 0 Å². The van der Waals surface area contributed by atoms with Gasteiger partial charge in [-0.25, -0.2) is 4.79 Å². The highest BCUT2D eigenvalue weighted by molar-refractivity contribution is 5.93. The Hall–Kier alpha value is -4.12. The Balaban J connectivity index is 2.48. The molecular formula is C27H35N3O8. The molecule has 2 aromatic rings. The van der Waals surface area contributed by atoms with E-state index in [4.69, 9.17) is 4.74 Å². The van der Waals surface area contributed by atoms with Crippen LogP contribution in [0.15, 0.2) is 54.6 Å². The van der Waals surface area contributed by atoms with Crippen LogP contribution in [0.3, 0.4) is 0 Å². The minimum atomic E-state index is -1.31. The largest absolute Gasteiger partial charge is 0.508 e. The summed E-state index contributed by atoms with van der Waals surface area (Å²) in [4.78, 5) is 52.6. The quantitative estimate of drug-likeness (QED) is 0.321. The summed E-state index contributed by atoms with van der Waals surface area (Å²) in [6.45, 7) is 3.85. The van der Waals surface area contributed by atoms with Crippen molar-refractivity contribution in [2.45, 2.75) is 44.9 Å². The number of carbonyl (C=O) groups is 4. The first-order valence-corrected chi connectivity index (χ1v) is 12.0. The fourth-order valence-corrected chi connectivity index (χ4v) is 3.63. The zero-order valence-electron chi connectivity index (χ0n) is 22.0. The third kappa shape index (κ3) is 9.40. The van der Waals surface area contributed by atoms with Gasteiger partial charge in [-0.05, 0) is 44.0 Å². The molecule has 206 valence electrons. The third-order valence-corrected chi connectivity index (χ3v) is 5.30. The highest BCUT2D eigenvalue weighted by Gasteiger charge is 2.36. The maximum Gasteiger partial charge on any atom is 0.408 e. The number of aliphatic hydroxyl groups excluding tert-OH is 1. The van der Waals surface area contributed by atoms with E-state index in [9.17, 15) is 29.4 Å². The molecule has 0 heterocycles. The molecule has 0 aromatic heterocycles. The number of ether oxygens (including phenoxy) is 2. The Kier molecular flexibility index (Phi) is 11.1. The Morgan fingerprint density at radius 2 is 1.63 bits per heavy atom. The molecule has 2 unspecified atom stereocenters. The number of aromatic hydroxyl groups is 1. The van der Waals surface area contributed by atoms with E-state index in [1.807, 2.05) is 6.07 Å². The van der Waals surface area contributed by atoms with E-state index in [1.165, 1.54) is 31.4 Å². The molecule has 2 rings (SSSR count). The number of carbonyl (C=O) groups excluding carboxylic acids is 4. The van der Waals surface area contributed by atoms with Gasteiger partial charge in [0.1, 0.15) is 30.0 Å². The molecule has 11 heteroatoms. The summed E-state index contributed by atoms with van der Waals surface area (Å²) in [5, 5.41) is 24.6. The minimum Gasteiger partial charge on any atom is -0.508 e. The molecular weight excluding hydrogens is 494 g/mol. The molecule has 0 aliphatic rings. The zero-order valence-corrected chi connectivity index (χ0v) is 22.0. The maximum atomic E-state index is 13.9. The van der Waals surface area contributed by atoms with Gasteiger partial charge in [-0.2, -0.15) is 0 Å². The molecule has 38 heavy (non-hydrogen) atoms. The average Bonchev–Trinajstić information content (AvgIpc) is 2.86. The second-order valence-corrected chi connectivity index (χ2v) is 9.43. The van der Waals surface area contributed by atoms with Crippen LogP contribution in [0.1, 0.15) is 37.9 Å². The second kappa shape index (κ2) is 14.0. The normalized spacial score (nSPS) is 12.6. The van der Waals surface area contributed by atoms with Gasteiger partial charge in [0.25, 0.3) is 0 Å². The minimum absolute atomic E-state index is 0.0592. The molecule has 4 N–H and O–H groups in total. The summed E-state index contributed by atoms with van der Waals surface area (Å²) < 4.78 is 9.93. The maximum absolute atomic E-state index is 13.9. The standard InChI is InChI=1S/C27H35N3O8/c1-27(2,3)38-26(36)29-21(16-18-8-6-5-7-9-18)25(35)30(14-15-31)23(19-10-12-20(32)13-11-19)24(34)28-17-22(33)37-4/h5-13,21,23,31-32H,14-17H2,1-4H3,(H,28,34)(H,29,36). The lowest BCUT2D eigenvalue weighted by atomic mass is 10.00. The van der Waals surface area contributed by atoms with Crippen LogP contribution >= 0.6 is 0 Å². The van der Waals surface area contributed by atoms with Crippen LogP contribution in [0.4, 0.5) is 4.79 Å². The number of amides is 3. The summed E-state index contributed by atoms with van der Waals surface area (Å²) in [5.41, 5.74) is 0.224. The van der Waals surface area contributed by atoms with Crippen LogP contribution in [0.2, 0.25) is 0 Å². The van der Waals surface area contributed by atoms with Gasteiger partial charge in [-0.1, -0.05) is 42.5 Å². The Labute approximate surface area is 221 Å². The fourth-order valence-electron chi connectivity index (χ4n) is 3.63. The van der Waals surface area contributed by atoms with Crippen LogP contribution in [0, 0.1) is 0 Å². The van der Waals surface area contributed by atoms with Crippen LogP contribution in [0.5, 0.6) is 5.75 Å². The number of methoxy groups -OCH3 is 1. The number of benzene rings is 2. The summed E-state index contributed by atoms with van der Waals surface area (Å²) in [5.74, 6) is -2.15. The Morgan fingerprint density at radius 3 is 2.18 bits per heavy atom. The van der Waals surface area contributed by atoms with E-state index in [0.29, 0.717) is 5.56 Å². The van der Waals surface area contributed by atoms with Crippen molar-refractivity contribution in [1.29, 1.82) is 0 Å². The van der Waals surface area contributed by atoms with E-state index >= 15 is 0 Å². The van der Waals surface area contributed by atoms with Gasteiger partial charge in [0.15, 0.2) is 0 Å². The molecule has 3 amide bonds. The number of nitrogens with zero attached hydrogens (tertiary/aromatic N) is 1. The summed E-state index contributed by atoms with van der Waals surface area (Å²) in [6, 6.07) is 12.1. The summed E-state index contributed by atoms with van der Waals surface area (Å²) >= 11 is 0. The van der Waals surface area contributed by atoms with E-state index in [0.717, 1.165) is 10.5 Å². The second-order valence-electron chi connectivity index (χ2n) is 9.43. The number of hydrogen-bond donors (Lipinski definition) is 4. The number of phenolic OH excluding ortho intramolecular Hbond substituents is 1. The third-order valence-electron chi connectivity index (χ3n) is 5.30. The van der Waals surface area contributed by atoms with Gasteiger partial charge < -0.3 is 35.2 Å². The van der Waals surface area contributed by atoms with E-state index in [-0.39, 0.29) is 18.7 Å². The van der Waals surface area contributed by atoms with E-state index in [2.05, 4.69) is 15.4 Å². The van der Waals surface area contributed by atoms with Crippen molar-refractivity contribution in [3.8, 4) is 5.75 Å².